The summed E-state index contributed by atoms with van der Waals surface area (Å²) < 4.78 is 37.8. The Labute approximate surface area is 228 Å². The second kappa shape index (κ2) is 13.2. The first-order chi connectivity index (χ1) is 19.0. The van der Waals surface area contributed by atoms with E-state index < -0.39 is 29.9 Å². The van der Waals surface area contributed by atoms with Crippen LogP contribution in [-0.4, -0.2) is 45.8 Å². The van der Waals surface area contributed by atoms with E-state index in [2.05, 4.69) is 4.98 Å². The zero-order valence-electron chi connectivity index (χ0n) is 21.9. The largest absolute Gasteiger partial charge is 0.490 e. The summed E-state index contributed by atoms with van der Waals surface area (Å²) in [5.41, 5.74) is 5.47. The molecule has 1 aromatic heterocycles. The number of halogens is 3. The van der Waals surface area contributed by atoms with Crippen molar-refractivity contribution in [3.8, 4) is 5.75 Å². The highest BCUT2D eigenvalue weighted by atomic mass is 19.4. The van der Waals surface area contributed by atoms with Crippen LogP contribution in [-0.2, 0) is 21.0 Å². The number of aliphatic carboxylic acids is 1. The number of carbonyl (C=O) groups excluding carboxylic acids is 2. The van der Waals surface area contributed by atoms with Gasteiger partial charge in [-0.05, 0) is 56.2 Å². The Hall–Kier alpha value is -4.19. The topological polar surface area (TPSA) is 129 Å². The predicted octanol–water partition coefficient (Wildman–Crippen LogP) is 5.03. The van der Waals surface area contributed by atoms with Gasteiger partial charge in [0.05, 0.1) is 17.4 Å². The number of pyridine rings is 1. The summed E-state index contributed by atoms with van der Waals surface area (Å²) in [7, 11) is 0. The number of anilines is 1. The van der Waals surface area contributed by atoms with E-state index in [1.807, 2.05) is 68.4 Å². The van der Waals surface area contributed by atoms with Gasteiger partial charge in [-0.25, -0.2) is 10.3 Å². The van der Waals surface area contributed by atoms with Gasteiger partial charge in [-0.2, -0.15) is 13.2 Å². The number of rotatable bonds is 8. The molecular formula is C28H30F3N3O6. The summed E-state index contributed by atoms with van der Waals surface area (Å²) in [5, 5.41) is 17.3. The molecule has 0 bridgehead atoms. The molecule has 214 valence electrons. The van der Waals surface area contributed by atoms with Crippen molar-refractivity contribution in [2.75, 3.05) is 11.4 Å². The number of nitrogens with one attached hydrogen (secondary N) is 1. The van der Waals surface area contributed by atoms with Crippen molar-refractivity contribution in [2.24, 2.45) is 11.8 Å². The Morgan fingerprint density at radius 1 is 1.18 bits per heavy atom. The number of carboxylic acids is 1. The quantitative estimate of drug-likeness (QED) is 0.260. The molecule has 9 nitrogen and oxygen atoms in total. The minimum Gasteiger partial charge on any atom is -0.489 e. The van der Waals surface area contributed by atoms with Gasteiger partial charge in [0.15, 0.2) is 0 Å². The van der Waals surface area contributed by atoms with Crippen LogP contribution in [0.1, 0.15) is 37.4 Å². The van der Waals surface area contributed by atoms with Crippen molar-refractivity contribution < 1.29 is 42.6 Å². The van der Waals surface area contributed by atoms with Gasteiger partial charge in [0.1, 0.15) is 12.4 Å². The first-order valence-corrected chi connectivity index (χ1v) is 12.6. The zero-order chi connectivity index (χ0) is 29.4. The Morgan fingerprint density at radius 2 is 1.82 bits per heavy atom. The highest BCUT2D eigenvalue weighted by Crippen LogP contribution is 2.33. The smallest absolute Gasteiger partial charge is 0.489 e. The van der Waals surface area contributed by atoms with E-state index in [9.17, 15) is 22.8 Å². The van der Waals surface area contributed by atoms with Crippen molar-refractivity contribution in [3.63, 3.8) is 0 Å². The lowest BCUT2D eigenvalue weighted by atomic mass is 9.86. The molecule has 4 rings (SSSR count). The number of amides is 2. The molecule has 0 unspecified atom stereocenters. The maximum atomic E-state index is 13.0. The Morgan fingerprint density at radius 3 is 2.42 bits per heavy atom. The van der Waals surface area contributed by atoms with Crippen molar-refractivity contribution in [3.05, 3.63) is 65.9 Å². The van der Waals surface area contributed by atoms with E-state index in [0.717, 1.165) is 34.3 Å². The number of para-hydroxylation sites is 1. The van der Waals surface area contributed by atoms with Gasteiger partial charge >= 0.3 is 12.1 Å². The average Bonchev–Trinajstić information content (AvgIpc) is 3.30. The third-order valence-corrected chi connectivity index (χ3v) is 6.49. The molecule has 40 heavy (non-hydrogen) atoms. The molecule has 3 N–H and O–H groups in total. The van der Waals surface area contributed by atoms with Gasteiger partial charge in [0, 0.05) is 28.9 Å². The maximum absolute atomic E-state index is 13.0. The maximum Gasteiger partial charge on any atom is 0.490 e. The van der Waals surface area contributed by atoms with Crippen LogP contribution in [0.15, 0.2) is 54.6 Å². The lowest BCUT2D eigenvalue weighted by molar-refractivity contribution is -0.192. The summed E-state index contributed by atoms with van der Waals surface area (Å²) in [6.07, 6.45) is -3.17. The molecule has 0 saturated carbocycles. The molecule has 0 aliphatic carbocycles. The van der Waals surface area contributed by atoms with Crippen LogP contribution in [0.2, 0.25) is 0 Å². The number of nitrogens with zero attached hydrogens (tertiary/aromatic N) is 2. The molecule has 3 aromatic rings. The monoisotopic (exact) mass is 561 g/mol. The molecule has 0 radical (unpaired) electrons. The van der Waals surface area contributed by atoms with Crippen LogP contribution in [0, 0.1) is 18.8 Å². The van der Waals surface area contributed by atoms with Gasteiger partial charge < -0.3 is 14.7 Å². The molecular weight excluding hydrogens is 531 g/mol. The molecule has 2 heterocycles. The lowest BCUT2D eigenvalue weighted by Gasteiger charge is -2.21. The summed E-state index contributed by atoms with van der Waals surface area (Å²) in [4.78, 5) is 40.3. The summed E-state index contributed by atoms with van der Waals surface area (Å²) in [5.74, 6) is -3.55. The molecule has 1 aliphatic rings. The number of hydrogen-bond donors (Lipinski definition) is 3. The Kier molecular flexibility index (Phi) is 10.1. The van der Waals surface area contributed by atoms with E-state index in [1.54, 1.807) is 10.4 Å². The minimum atomic E-state index is -5.08. The van der Waals surface area contributed by atoms with Crippen LogP contribution < -0.4 is 15.1 Å². The number of aromatic nitrogens is 1. The van der Waals surface area contributed by atoms with Crippen molar-refractivity contribution >= 4 is 34.4 Å². The second-order valence-corrected chi connectivity index (χ2v) is 9.28. The van der Waals surface area contributed by atoms with E-state index in [0.29, 0.717) is 31.7 Å². The highest BCUT2D eigenvalue weighted by Gasteiger charge is 2.40. The normalized spacial score (nSPS) is 15.8. The number of benzene rings is 2. The molecule has 1 fully saturated rings. The van der Waals surface area contributed by atoms with E-state index >= 15 is 0 Å². The average molecular weight is 562 g/mol. The fraction of sp³-hybridized carbons (Fsp3) is 0.357. The molecule has 2 aromatic carbocycles. The van der Waals surface area contributed by atoms with Crippen molar-refractivity contribution in [1.29, 1.82) is 0 Å². The zero-order valence-corrected chi connectivity index (χ0v) is 21.9. The second-order valence-electron chi connectivity index (χ2n) is 9.28. The van der Waals surface area contributed by atoms with E-state index in [1.165, 1.54) is 0 Å². The summed E-state index contributed by atoms with van der Waals surface area (Å²) in [6.45, 7) is 4.90. The Balaban J connectivity index is 0.000000559. The summed E-state index contributed by atoms with van der Waals surface area (Å²) >= 11 is 0. The number of hydroxylamine groups is 1. The van der Waals surface area contributed by atoms with Crippen LogP contribution in [0.3, 0.4) is 0 Å². The fourth-order valence-electron chi connectivity index (χ4n) is 4.64. The minimum absolute atomic E-state index is 0.0792. The van der Waals surface area contributed by atoms with Gasteiger partial charge in [0.2, 0.25) is 11.8 Å². The molecule has 2 atom stereocenters. The van der Waals surface area contributed by atoms with Gasteiger partial charge in [-0.1, -0.05) is 31.5 Å². The molecule has 1 saturated heterocycles. The molecule has 1 aliphatic heterocycles. The molecule has 2 amide bonds. The molecule has 0 spiro atoms. The Bertz CT molecular complexity index is 1350. The third kappa shape index (κ3) is 7.47. The van der Waals surface area contributed by atoms with Gasteiger partial charge in [-0.3, -0.25) is 19.8 Å². The predicted molar refractivity (Wildman–Crippen MR) is 140 cm³/mol. The number of carbonyl (C=O) groups is 3. The number of alkyl halides is 3. The number of carboxylic acid groups (broad SMARTS) is 1. The lowest BCUT2D eigenvalue weighted by Crippen LogP contribution is -2.37. The van der Waals surface area contributed by atoms with Crippen LogP contribution in [0.25, 0.3) is 10.9 Å². The number of fused-ring (bicyclic) bond motifs is 1. The number of aryl methyl sites for hydroxylation is 1. The fourth-order valence-corrected chi connectivity index (χ4v) is 4.64. The van der Waals surface area contributed by atoms with Crippen molar-refractivity contribution in [2.45, 2.75) is 45.9 Å². The first kappa shape index (κ1) is 30.4. The molecule has 12 heteroatoms. The van der Waals surface area contributed by atoms with Crippen LogP contribution in [0.4, 0.5) is 18.9 Å². The van der Waals surface area contributed by atoms with E-state index in [4.69, 9.17) is 19.8 Å². The SMILES string of the molecule is CCC[C@@H](C(=O)NO)[C@H]1CCN(c2ccc(OCc3cc(C)nc4ccccc34)cc2)C1=O.O=C(O)C(F)(F)F. The standard InChI is InChI=1S/C26H29N3O4.C2HF3O2/c1-3-6-22(25(30)28-32)23-13-14-29(26(23)31)19-9-11-20(12-10-19)33-16-18-15-17(2)27-24-8-5-4-7-21(18)24;3-2(4,5)1(6)7/h4-5,7-12,15,22-23,32H,3,6,13-14,16H2,1-2H3,(H,28,30);(H,6,7)/t22-,23-;/m1./s1. The summed E-state index contributed by atoms with van der Waals surface area (Å²) in [6, 6.07) is 17.5. The number of hydrogen-bond acceptors (Lipinski definition) is 6. The van der Waals surface area contributed by atoms with Gasteiger partial charge in [0.25, 0.3) is 0 Å². The first-order valence-electron chi connectivity index (χ1n) is 12.6. The van der Waals surface area contributed by atoms with E-state index in [-0.39, 0.29) is 5.91 Å². The van der Waals surface area contributed by atoms with Gasteiger partial charge in [-0.15, -0.1) is 0 Å². The highest BCUT2D eigenvalue weighted by molar-refractivity contribution is 5.99. The van der Waals surface area contributed by atoms with Crippen LogP contribution in [0.5, 0.6) is 5.75 Å². The third-order valence-electron chi connectivity index (χ3n) is 6.49. The number of ether oxygens (including phenoxy) is 1. The van der Waals surface area contributed by atoms with Crippen molar-refractivity contribution in [1.82, 2.24) is 10.5 Å². The van der Waals surface area contributed by atoms with Crippen LogP contribution >= 0.6 is 0 Å².